The quantitative estimate of drug-likeness (QED) is 0.799. The summed E-state index contributed by atoms with van der Waals surface area (Å²) in [7, 11) is -3.55. The number of aromatic nitrogens is 1. The molecule has 0 atom stereocenters. The Labute approximate surface area is 116 Å². The molecule has 0 saturated carbocycles. The highest BCUT2D eigenvalue weighted by Crippen LogP contribution is 2.15. The van der Waals surface area contributed by atoms with Crippen LogP contribution in [-0.2, 0) is 16.6 Å². The van der Waals surface area contributed by atoms with E-state index in [0.29, 0.717) is 17.0 Å². The van der Waals surface area contributed by atoms with Gasteiger partial charge in [0.1, 0.15) is 5.52 Å². The Morgan fingerprint density at radius 3 is 2.45 bits per heavy atom. The summed E-state index contributed by atoms with van der Waals surface area (Å²) in [5.74, 6) is 0.339. The van der Waals surface area contributed by atoms with E-state index in [9.17, 15) is 8.42 Å². The molecular formula is C14H12N2O3S. The zero-order valence-electron chi connectivity index (χ0n) is 10.5. The van der Waals surface area contributed by atoms with Crippen molar-refractivity contribution in [1.29, 1.82) is 0 Å². The maximum Gasteiger partial charge on any atom is 0.241 e. The minimum Gasteiger partial charge on any atom is -0.439 e. The summed E-state index contributed by atoms with van der Waals surface area (Å²) in [4.78, 5) is 4.43. The molecule has 0 saturated heterocycles. The van der Waals surface area contributed by atoms with Gasteiger partial charge >= 0.3 is 0 Å². The second kappa shape index (κ2) is 5.07. The van der Waals surface area contributed by atoms with Gasteiger partial charge < -0.3 is 4.42 Å². The number of nitrogens with one attached hydrogen (secondary N) is 1. The third-order valence-electron chi connectivity index (χ3n) is 2.81. The lowest BCUT2D eigenvalue weighted by Crippen LogP contribution is -2.23. The van der Waals surface area contributed by atoms with Crippen LogP contribution in [0.3, 0.4) is 0 Å². The molecule has 0 aliphatic carbocycles. The van der Waals surface area contributed by atoms with Crippen LogP contribution in [0.2, 0.25) is 0 Å². The minimum atomic E-state index is -3.55. The number of hydrogen-bond acceptors (Lipinski definition) is 4. The van der Waals surface area contributed by atoms with Crippen LogP contribution in [0, 0.1) is 0 Å². The van der Waals surface area contributed by atoms with Gasteiger partial charge in [-0.25, -0.2) is 18.1 Å². The largest absolute Gasteiger partial charge is 0.439 e. The SMILES string of the molecule is O=S(=O)(NCc1nc2ccccc2o1)c1ccccc1. The Morgan fingerprint density at radius 2 is 1.70 bits per heavy atom. The van der Waals surface area contributed by atoms with E-state index in [1.54, 1.807) is 24.3 Å². The monoisotopic (exact) mass is 288 g/mol. The average molecular weight is 288 g/mol. The number of sulfonamides is 1. The van der Waals surface area contributed by atoms with Crippen molar-refractivity contribution in [1.82, 2.24) is 9.71 Å². The maximum atomic E-state index is 12.0. The molecule has 1 N–H and O–H groups in total. The summed E-state index contributed by atoms with van der Waals surface area (Å²) < 4.78 is 32.0. The van der Waals surface area contributed by atoms with Crippen molar-refractivity contribution in [3.05, 3.63) is 60.5 Å². The van der Waals surface area contributed by atoms with Crippen molar-refractivity contribution in [2.75, 3.05) is 0 Å². The van der Waals surface area contributed by atoms with Crippen LogP contribution in [0.25, 0.3) is 11.1 Å². The van der Waals surface area contributed by atoms with Crippen LogP contribution in [0.1, 0.15) is 5.89 Å². The van der Waals surface area contributed by atoms with Gasteiger partial charge in [0.2, 0.25) is 15.9 Å². The second-order valence-corrected chi connectivity index (χ2v) is 5.98. The number of fused-ring (bicyclic) bond motifs is 1. The average Bonchev–Trinajstić information content (AvgIpc) is 2.89. The lowest BCUT2D eigenvalue weighted by Gasteiger charge is -2.03. The van der Waals surface area contributed by atoms with E-state index in [-0.39, 0.29) is 11.4 Å². The molecule has 3 rings (SSSR count). The van der Waals surface area contributed by atoms with Gasteiger partial charge in [0.15, 0.2) is 5.58 Å². The molecule has 0 unspecified atom stereocenters. The molecule has 1 heterocycles. The molecule has 20 heavy (non-hydrogen) atoms. The van der Waals surface area contributed by atoms with E-state index >= 15 is 0 Å². The summed E-state index contributed by atoms with van der Waals surface area (Å²) in [6.45, 7) is 0.0197. The van der Waals surface area contributed by atoms with Crippen LogP contribution < -0.4 is 4.72 Å². The van der Waals surface area contributed by atoms with Crippen LogP contribution in [0.4, 0.5) is 0 Å². The molecule has 0 bridgehead atoms. The molecule has 0 fully saturated rings. The van der Waals surface area contributed by atoms with Crippen molar-refractivity contribution < 1.29 is 12.8 Å². The van der Waals surface area contributed by atoms with Crippen LogP contribution in [0.15, 0.2) is 63.9 Å². The maximum absolute atomic E-state index is 12.0. The summed E-state index contributed by atoms with van der Waals surface area (Å²) in [6, 6.07) is 15.5. The lowest BCUT2D eigenvalue weighted by atomic mass is 10.3. The standard InChI is InChI=1S/C14H12N2O3S/c17-20(18,11-6-2-1-3-7-11)15-10-14-16-12-8-4-5-9-13(12)19-14/h1-9,15H,10H2. The molecule has 1 aromatic heterocycles. The minimum absolute atomic E-state index is 0.0197. The molecule has 0 aliphatic heterocycles. The first-order valence-corrected chi connectivity index (χ1v) is 7.53. The Kier molecular flexibility index (Phi) is 3.25. The first-order chi connectivity index (χ1) is 9.65. The van der Waals surface area contributed by atoms with Gasteiger partial charge in [-0.1, -0.05) is 30.3 Å². The number of rotatable bonds is 4. The van der Waals surface area contributed by atoms with E-state index in [1.807, 2.05) is 18.2 Å². The number of para-hydroxylation sites is 2. The third-order valence-corrected chi connectivity index (χ3v) is 4.22. The summed E-state index contributed by atoms with van der Waals surface area (Å²) in [5.41, 5.74) is 1.35. The fourth-order valence-electron chi connectivity index (χ4n) is 1.84. The van der Waals surface area contributed by atoms with Crippen LogP contribution in [0.5, 0.6) is 0 Å². The van der Waals surface area contributed by atoms with Gasteiger partial charge in [-0.05, 0) is 24.3 Å². The fraction of sp³-hybridized carbons (Fsp3) is 0.0714. The van der Waals surface area contributed by atoms with E-state index in [2.05, 4.69) is 9.71 Å². The fourth-order valence-corrected chi connectivity index (χ4v) is 2.83. The zero-order valence-corrected chi connectivity index (χ0v) is 11.3. The lowest BCUT2D eigenvalue weighted by molar-refractivity contribution is 0.513. The molecular weight excluding hydrogens is 276 g/mol. The molecule has 102 valence electrons. The predicted molar refractivity (Wildman–Crippen MR) is 74.5 cm³/mol. The van der Waals surface area contributed by atoms with Crippen molar-refractivity contribution in [2.24, 2.45) is 0 Å². The van der Waals surface area contributed by atoms with Crippen molar-refractivity contribution in [3.8, 4) is 0 Å². The normalized spacial score (nSPS) is 11.8. The van der Waals surface area contributed by atoms with Crippen LogP contribution >= 0.6 is 0 Å². The van der Waals surface area contributed by atoms with Gasteiger partial charge in [0.05, 0.1) is 11.4 Å². The Bertz CT molecular complexity index is 793. The predicted octanol–water partition coefficient (Wildman–Crippen LogP) is 2.31. The first kappa shape index (κ1) is 12.8. The molecule has 0 amide bonds. The molecule has 0 aliphatic rings. The van der Waals surface area contributed by atoms with Gasteiger partial charge in [-0.2, -0.15) is 0 Å². The van der Waals surface area contributed by atoms with Crippen molar-refractivity contribution in [3.63, 3.8) is 0 Å². The van der Waals surface area contributed by atoms with Gasteiger partial charge in [0, 0.05) is 0 Å². The number of benzene rings is 2. The Balaban J connectivity index is 1.79. The number of nitrogens with zero attached hydrogens (tertiary/aromatic N) is 1. The van der Waals surface area contributed by atoms with E-state index in [1.165, 1.54) is 12.1 Å². The number of oxazole rings is 1. The Hall–Kier alpha value is -2.18. The highest BCUT2D eigenvalue weighted by Gasteiger charge is 2.14. The highest BCUT2D eigenvalue weighted by molar-refractivity contribution is 7.89. The van der Waals surface area contributed by atoms with Crippen LogP contribution in [-0.4, -0.2) is 13.4 Å². The molecule has 2 aromatic carbocycles. The Morgan fingerprint density at radius 1 is 1.00 bits per heavy atom. The third kappa shape index (κ3) is 2.56. The van der Waals surface area contributed by atoms with E-state index < -0.39 is 10.0 Å². The van der Waals surface area contributed by atoms with Gasteiger partial charge in [-0.3, -0.25) is 0 Å². The van der Waals surface area contributed by atoms with E-state index in [4.69, 9.17) is 4.42 Å². The summed E-state index contributed by atoms with van der Waals surface area (Å²) in [6.07, 6.45) is 0. The van der Waals surface area contributed by atoms with Crippen molar-refractivity contribution >= 4 is 21.1 Å². The zero-order chi connectivity index (χ0) is 14.0. The van der Waals surface area contributed by atoms with Gasteiger partial charge in [0.25, 0.3) is 0 Å². The smallest absolute Gasteiger partial charge is 0.241 e. The van der Waals surface area contributed by atoms with Gasteiger partial charge in [-0.15, -0.1) is 0 Å². The topological polar surface area (TPSA) is 72.2 Å². The summed E-state index contributed by atoms with van der Waals surface area (Å²) >= 11 is 0. The highest BCUT2D eigenvalue weighted by atomic mass is 32.2. The molecule has 6 heteroatoms. The molecule has 0 radical (unpaired) electrons. The molecule has 5 nitrogen and oxygen atoms in total. The second-order valence-electron chi connectivity index (χ2n) is 4.21. The first-order valence-electron chi connectivity index (χ1n) is 6.04. The van der Waals surface area contributed by atoms with Crippen molar-refractivity contribution in [2.45, 2.75) is 11.4 Å². The summed E-state index contributed by atoms with van der Waals surface area (Å²) in [5, 5.41) is 0. The molecule has 0 spiro atoms. The number of hydrogen-bond donors (Lipinski definition) is 1. The molecule has 3 aromatic rings. The van der Waals surface area contributed by atoms with E-state index in [0.717, 1.165) is 0 Å².